The molecule has 83 heavy (non-hydrogen) atoms. The third-order valence-electron chi connectivity index (χ3n) is 15.6. The Morgan fingerprint density at radius 3 is 2.08 bits per heavy atom. The normalized spacial score (nSPS) is 15.9. The van der Waals surface area contributed by atoms with Crippen LogP contribution >= 0.6 is 34.5 Å². The minimum Gasteiger partial charge on any atom is -0.495 e. The maximum atomic E-state index is 14.0. The molecule has 0 saturated carbocycles. The molecule has 0 spiro atoms. The van der Waals surface area contributed by atoms with E-state index in [1.807, 2.05) is 68.4 Å². The average molecular weight is 1200 g/mol. The van der Waals surface area contributed by atoms with E-state index in [2.05, 4.69) is 36.9 Å². The number of nitrogens with zero attached hydrogens (tertiary/aromatic N) is 6. The minimum atomic E-state index is -0.840. The number of aryl methyl sites for hydroxylation is 1. The first-order chi connectivity index (χ1) is 40.0. The summed E-state index contributed by atoms with van der Waals surface area (Å²) in [6.45, 7) is 12.5. The standard InChI is InChI=1S/C63H83Cl2N9O8S/c1-42-59(83-41-69-42)44-24-22-43(23-25-44)38-68-61(78)52-32-46(75)40-74(52)62(79)60(63(2,3)4)71-56(76)20-17-15-13-11-9-7-8-10-12-14-16-18-21-57(77)73-29-27-72(28-30-73)26-19-31-82-55-35-50-47(33-54(55)81-6)58(45(37-66)39-67-50)70-51-36-53(80-5)49(65)34-48(51)64/h22-25,33-36,39,41,46,52,60,75H,7-21,26-32,38,40H2,1-6H3,(H,67,70)(H,68,78)(H,71,76)/t46-,52+,60-/m1/s1. The molecule has 4 heterocycles. The number of aliphatic hydroxyl groups excluding tert-OH is 1. The van der Waals surface area contributed by atoms with E-state index in [4.69, 9.17) is 37.4 Å². The molecule has 4 N–H and O–H groups in total. The van der Waals surface area contributed by atoms with Crippen LogP contribution in [0.4, 0.5) is 11.4 Å². The average Bonchev–Trinajstić information content (AvgIpc) is 4.26. The Morgan fingerprint density at radius 2 is 1.47 bits per heavy atom. The maximum Gasteiger partial charge on any atom is 0.246 e. The van der Waals surface area contributed by atoms with E-state index >= 15 is 0 Å². The number of piperazine rings is 1. The zero-order chi connectivity index (χ0) is 59.5. The summed E-state index contributed by atoms with van der Waals surface area (Å²) in [6.07, 6.45) is 15.5. The molecule has 2 aliphatic heterocycles. The molecule has 0 bridgehead atoms. The first-order valence-electron chi connectivity index (χ1n) is 29.4. The van der Waals surface area contributed by atoms with Gasteiger partial charge in [0.15, 0.2) is 11.5 Å². The number of halogens is 2. The fraction of sp³-hybridized carbons (Fsp3) is 0.540. The van der Waals surface area contributed by atoms with Crippen LogP contribution in [0.15, 0.2) is 60.2 Å². The van der Waals surface area contributed by atoms with Crippen molar-refractivity contribution < 1.29 is 38.5 Å². The highest BCUT2D eigenvalue weighted by Gasteiger charge is 2.44. The highest BCUT2D eigenvalue weighted by Crippen LogP contribution is 2.41. The molecule has 2 saturated heterocycles. The summed E-state index contributed by atoms with van der Waals surface area (Å²) in [5.74, 6) is 0.884. The number of thiazole rings is 1. The van der Waals surface area contributed by atoms with Gasteiger partial charge < -0.3 is 45.1 Å². The quantitative estimate of drug-likeness (QED) is 0.0316. The molecule has 2 aromatic heterocycles. The first kappa shape index (κ1) is 64.3. The molecule has 2 aliphatic rings. The summed E-state index contributed by atoms with van der Waals surface area (Å²) in [7, 11) is 3.09. The summed E-state index contributed by atoms with van der Waals surface area (Å²) in [5.41, 5.74) is 6.14. The van der Waals surface area contributed by atoms with Crippen LogP contribution in [0, 0.1) is 23.7 Å². The number of hydrogen-bond donors (Lipinski definition) is 4. The van der Waals surface area contributed by atoms with Crippen LogP contribution in [0.2, 0.25) is 10.0 Å². The summed E-state index contributed by atoms with van der Waals surface area (Å²) in [6, 6.07) is 15.4. The van der Waals surface area contributed by atoms with Gasteiger partial charge in [-0.1, -0.05) is 132 Å². The van der Waals surface area contributed by atoms with Crippen molar-refractivity contribution in [1.82, 2.24) is 35.3 Å². The number of likely N-dealkylation sites (tertiary alicyclic amines) is 1. The van der Waals surface area contributed by atoms with E-state index in [-0.39, 0.29) is 43.1 Å². The third-order valence-corrected chi connectivity index (χ3v) is 17.2. The second kappa shape index (κ2) is 31.6. The van der Waals surface area contributed by atoms with Gasteiger partial charge >= 0.3 is 0 Å². The van der Waals surface area contributed by atoms with E-state index in [9.17, 15) is 29.5 Å². The van der Waals surface area contributed by atoms with Gasteiger partial charge in [-0.25, -0.2) is 4.98 Å². The summed E-state index contributed by atoms with van der Waals surface area (Å²) in [4.78, 5) is 69.6. The molecule has 3 aromatic carbocycles. The van der Waals surface area contributed by atoms with Crippen molar-refractivity contribution in [3.8, 4) is 33.8 Å². The Balaban J connectivity index is 0.696. The largest absolute Gasteiger partial charge is 0.495 e. The molecule has 0 radical (unpaired) electrons. The van der Waals surface area contributed by atoms with Crippen molar-refractivity contribution >= 4 is 80.4 Å². The van der Waals surface area contributed by atoms with E-state index in [1.165, 1.54) is 50.3 Å². The van der Waals surface area contributed by atoms with Crippen LogP contribution in [0.25, 0.3) is 21.3 Å². The SMILES string of the molecule is COc1cc(Nc2c(C#N)cnc3cc(OCCCN4CCN(C(=O)CCCCCCCCCCCCCCC(=O)N[C@H](C(=O)N5C[C@H](O)C[C@H]5C(=O)NCc5ccc(-c6scnc6C)cc5)C(C)(C)C)CC4)c(OC)cc23)c(Cl)cc1Cl. The smallest absolute Gasteiger partial charge is 0.246 e. The lowest BCUT2D eigenvalue weighted by atomic mass is 9.85. The Morgan fingerprint density at radius 1 is 0.819 bits per heavy atom. The molecular weight excluding hydrogens is 1110 g/mol. The Hall–Kier alpha value is -6.23. The van der Waals surface area contributed by atoms with Gasteiger partial charge in [0.2, 0.25) is 23.6 Å². The second-order valence-corrected chi connectivity index (χ2v) is 24.6. The number of carbonyl (C=O) groups excluding carboxylic acids is 4. The Bertz CT molecular complexity index is 3010. The topological polar surface area (TPSA) is 212 Å². The molecule has 2 fully saturated rings. The zero-order valence-electron chi connectivity index (χ0n) is 49.1. The summed E-state index contributed by atoms with van der Waals surface area (Å²) < 4.78 is 17.3. The van der Waals surface area contributed by atoms with Crippen LogP contribution in [-0.4, -0.2) is 132 Å². The van der Waals surface area contributed by atoms with Crippen LogP contribution in [-0.2, 0) is 25.7 Å². The van der Waals surface area contributed by atoms with Crippen LogP contribution < -0.4 is 30.2 Å². The van der Waals surface area contributed by atoms with E-state index in [1.54, 1.807) is 36.6 Å². The van der Waals surface area contributed by atoms with Crippen molar-refractivity contribution in [1.29, 1.82) is 5.26 Å². The predicted molar refractivity (Wildman–Crippen MR) is 329 cm³/mol. The lowest BCUT2D eigenvalue weighted by Gasteiger charge is -2.35. The van der Waals surface area contributed by atoms with Gasteiger partial charge in [-0.3, -0.25) is 29.1 Å². The number of methoxy groups -OCH3 is 2. The molecule has 0 aliphatic carbocycles. The van der Waals surface area contributed by atoms with Crippen molar-refractivity contribution in [3.05, 3.63) is 87.1 Å². The fourth-order valence-corrected chi connectivity index (χ4v) is 12.1. The first-order valence-corrected chi connectivity index (χ1v) is 31.0. The minimum absolute atomic E-state index is 0.0384. The van der Waals surface area contributed by atoms with E-state index < -0.39 is 23.6 Å². The highest BCUT2D eigenvalue weighted by molar-refractivity contribution is 7.13. The highest BCUT2D eigenvalue weighted by atomic mass is 35.5. The lowest BCUT2D eigenvalue weighted by Crippen LogP contribution is -2.57. The Labute approximate surface area is 503 Å². The molecule has 0 unspecified atom stereocenters. The maximum absolute atomic E-state index is 14.0. The molecular formula is C63H83Cl2N9O8S. The van der Waals surface area contributed by atoms with Gasteiger partial charge in [-0.2, -0.15) is 5.26 Å². The van der Waals surface area contributed by atoms with Gasteiger partial charge in [0.05, 0.1) is 75.5 Å². The lowest BCUT2D eigenvalue weighted by molar-refractivity contribution is -0.144. The predicted octanol–water partition coefficient (Wildman–Crippen LogP) is 11.8. The number of benzene rings is 3. The van der Waals surface area contributed by atoms with Gasteiger partial charge in [0, 0.05) is 88.8 Å². The Kier molecular flexibility index (Phi) is 24.5. The van der Waals surface area contributed by atoms with Crippen LogP contribution in [0.1, 0.15) is 140 Å². The van der Waals surface area contributed by atoms with Crippen molar-refractivity contribution in [2.75, 3.05) is 65.4 Å². The van der Waals surface area contributed by atoms with Crippen molar-refractivity contribution in [3.63, 3.8) is 0 Å². The summed E-state index contributed by atoms with van der Waals surface area (Å²) in [5, 5.41) is 31.2. The van der Waals surface area contributed by atoms with Gasteiger partial charge in [-0.05, 0) is 54.9 Å². The van der Waals surface area contributed by atoms with Crippen LogP contribution in [0.3, 0.4) is 0 Å². The molecule has 448 valence electrons. The number of pyridine rings is 1. The molecule has 17 nitrogen and oxygen atoms in total. The molecule has 3 atom stereocenters. The summed E-state index contributed by atoms with van der Waals surface area (Å²) >= 11 is 14.4. The number of anilines is 2. The van der Waals surface area contributed by atoms with E-state index in [0.29, 0.717) is 74.6 Å². The molecule has 20 heteroatoms. The molecule has 5 aromatic rings. The number of rotatable bonds is 30. The van der Waals surface area contributed by atoms with Crippen molar-refractivity contribution in [2.45, 2.75) is 155 Å². The number of nitrogens with one attached hydrogen (secondary N) is 3. The third kappa shape index (κ3) is 18.4. The monoisotopic (exact) mass is 1200 g/mol. The number of aliphatic hydroxyl groups is 1. The number of ether oxygens (including phenoxy) is 3. The molecule has 4 amide bonds. The van der Waals surface area contributed by atoms with Gasteiger partial charge in [-0.15, -0.1) is 11.3 Å². The number of fused-ring (bicyclic) bond motifs is 1. The number of carbonyl (C=O) groups is 4. The fourth-order valence-electron chi connectivity index (χ4n) is 10.8. The van der Waals surface area contributed by atoms with Crippen molar-refractivity contribution in [2.24, 2.45) is 5.41 Å². The number of amides is 4. The van der Waals surface area contributed by atoms with Crippen LogP contribution in [0.5, 0.6) is 17.2 Å². The number of nitriles is 1. The zero-order valence-corrected chi connectivity index (χ0v) is 51.5. The number of aromatic nitrogens is 2. The number of hydrogen-bond acceptors (Lipinski definition) is 14. The number of β-amino-alcohol motifs (C(OH)–C–C–N with tert-alkyl or cyclic N) is 1. The van der Waals surface area contributed by atoms with Gasteiger partial charge in [0.25, 0.3) is 0 Å². The molecule has 7 rings (SSSR count). The van der Waals surface area contributed by atoms with E-state index in [0.717, 1.165) is 106 Å². The van der Waals surface area contributed by atoms with Gasteiger partial charge in [0.1, 0.15) is 23.9 Å². The second-order valence-electron chi connectivity index (χ2n) is 22.9. The number of unbranched alkanes of at least 4 members (excludes halogenated alkanes) is 11.